The van der Waals surface area contributed by atoms with E-state index in [0.717, 1.165) is 30.7 Å². The largest absolute Gasteiger partial charge is 0.361 e. The summed E-state index contributed by atoms with van der Waals surface area (Å²) in [6.45, 7) is 8.04. The molecule has 2 aromatic rings. The predicted octanol–water partition coefficient (Wildman–Crippen LogP) is 2.71. The van der Waals surface area contributed by atoms with Gasteiger partial charge in [-0.05, 0) is 47.0 Å². The van der Waals surface area contributed by atoms with E-state index in [9.17, 15) is 4.79 Å². The van der Waals surface area contributed by atoms with Gasteiger partial charge in [0.05, 0.1) is 23.3 Å². The predicted molar refractivity (Wildman–Crippen MR) is 95.4 cm³/mol. The number of carbonyl (C=O) groups excluding carboxylic acids is 1. The molecule has 0 aromatic carbocycles. The summed E-state index contributed by atoms with van der Waals surface area (Å²) in [6, 6.07) is 4.00. The highest BCUT2D eigenvalue weighted by Crippen LogP contribution is 2.35. The highest BCUT2D eigenvalue weighted by Gasteiger charge is 2.28. The molecule has 1 saturated carbocycles. The van der Waals surface area contributed by atoms with Crippen molar-refractivity contribution in [2.75, 3.05) is 5.32 Å². The van der Waals surface area contributed by atoms with Gasteiger partial charge in [0.1, 0.15) is 11.6 Å². The molecule has 2 atom stereocenters. The third-order valence-corrected chi connectivity index (χ3v) is 4.53. The summed E-state index contributed by atoms with van der Waals surface area (Å²) in [5, 5.41) is 11.6. The van der Waals surface area contributed by atoms with E-state index in [4.69, 9.17) is 15.4 Å². The molecule has 1 fully saturated rings. The van der Waals surface area contributed by atoms with E-state index in [1.165, 1.54) is 0 Å². The summed E-state index contributed by atoms with van der Waals surface area (Å²) in [4.78, 5) is 12.4. The second kappa shape index (κ2) is 6.63. The molecule has 1 aliphatic rings. The SMILES string of the molecule is Cc1cc(CC(=O)Nc2cc(C3CCC(N)C3)nn2C(C)(C)C)on1. The normalized spacial score (nSPS) is 20.8. The molecule has 3 rings (SSSR count). The Morgan fingerprint density at radius 3 is 2.72 bits per heavy atom. The summed E-state index contributed by atoms with van der Waals surface area (Å²) >= 11 is 0. The molecule has 7 nitrogen and oxygen atoms in total. The maximum absolute atomic E-state index is 12.4. The van der Waals surface area contributed by atoms with Gasteiger partial charge in [0.15, 0.2) is 0 Å². The van der Waals surface area contributed by atoms with Crippen LogP contribution in [0, 0.1) is 6.92 Å². The van der Waals surface area contributed by atoms with Crippen molar-refractivity contribution in [2.45, 2.75) is 70.9 Å². The quantitative estimate of drug-likeness (QED) is 0.887. The number of hydrogen-bond donors (Lipinski definition) is 2. The van der Waals surface area contributed by atoms with E-state index in [0.29, 0.717) is 17.5 Å². The van der Waals surface area contributed by atoms with Gasteiger partial charge in [-0.1, -0.05) is 5.16 Å². The van der Waals surface area contributed by atoms with E-state index in [-0.39, 0.29) is 23.9 Å². The van der Waals surface area contributed by atoms with Crippen molar-refractivity contribution in [1.29, 1.82) is 0 Å². The van der Waals surface area contributed by atoms with Crippen LogP contribution < -0.4 is 11.1 Å². The zero-order chi connectivity index (χ0) is 18.2. The highest BCUT2D eigenvalue weighted by molar-refractivity contribution is 5.91. The summed E-state index contributed by atoms with van der Waals surface area (Å²) in [5.41, 5.74) is 7.58. The molecule has 1 aliphatic carbocycles. The van der Waals surface area contributed by atoms with Gasteiger partial charge in [-0.2, -0.15) is 5.10 Å². The first-order valence-electron chi connectivity index (χ1n) is 8.80. The number of nitrogens with zero attached hydrogens (tertiary/aromatic N) is 3. The van der Waals surface area contributed by atoms with Crippen LogP contribution in [-0.2, 0) is 16.8 Å². The first-order chi connectivity index (χ1) is 11.7. The lowest BCUT2D eigenvalue weighted by molar-refractivity contribution is -0.115. The number of aryl methyl sites for hydroxylation is 1. The van der Waals surface area contributed by atoms with E-state index in [1.807, 2.05) is 17.7 Å². The fourth-order valence-electron chi connectivity index (χ4n) is 3.33. The van der Waals surface area contributed by atoms with Crippen molar-refractivity contribution in [3.8, 4) is 0 Å². The lowest BCUT2D eigenvalue weighted by Crippen LogP contribution is -2.27. The Labute approximate surface area is 147 Å². The monoisotopic (exact) mass is 345 g/mol. The Hall–Kier alpha value is -2.15. The molecule has 2 heterocycles. The van der Waals surface area contributed by atoms with Gasteiger partial charge in [-0.25, -0.2) is 4.68 Å². The number of carbonyl (C=O) groups is 1. The summed E-state index contributed by atoms with van der Waals surface area (Å²) < 4.78 is 7.01. The van der Waals surface area contributed by atoms with Crippen LogP contribution in [-0.4, -0.2) is 26.9 Å². The number of amides is 1. The van der Waals surface area contributed by atoms with Crippen LogP contribution in [0.4, 0.5) is 5.82 Å². The third kappa shape index (κ3) is 4.10. The molecular weight excluding hydrogens is 318 g/mol. The Morgan fingerprint density at radius 1 is 1.40 bits per heavy atom. The third-order valence-electron chi connectivity index (χ3n) is 4.53. The maximum atomic E-state index is 12.4. The molecule has 0 aliphatic heterocycles. The van der Waals surface area contributed by atoms with Crippen molar-refractivity contribution < 1.29 is 9.32 Å². The molecule has 0 bridgehead atoms. The molecule has 0 saturated heterocycles. The smallest absolute Gasteiger partial charge is 0.233 e. The van der Waals surface area contributed by atoms with E-state index < -0.39 is 0 Å². The van der Waals surface area contributed by atoms with Gasteiger partial charge in [-0.15, -0.1) is 0 Å². The van der Waals surface area contributed by atoms with Gasteiger partial charge in [0, 0.05) is 24.1 Å². The van der Waals surface area contributed by atoms with Gasteiger partial charge >= 0.3 is 0 Å². The van der Waals surface area contributed by atoms with Crippen molar-refractivity contribution >= 4 is 11.7 Å². The number of hydrogen-bond acceptors (Lipinski definition) is 5. The van der Waals surface area contributed by atoms with E-state index in [2.05, 4.69) is 31.2 Å². The molecule has 2 aromatic heterocycles. The maximum Gasteiger partial charge on any atom is 0.233 e. The van der Waals surface area contributed by atoms with Crippen molar-refractivity contribution in [1.82, 2.24) is 14.9 Å². The van der Waals surface area contributed by atoms with Crippen molar-refractivity contribution in [3.05, 3.63) is 29.3 Å². The average molecular weight is 345 g/mol. The number of nitrogens with two attached hydrogens (primary N) is 1. The molecule has 1 amide bonds. The van der Waals surface area contributed by atoms with Crippen molar-refractivity contribution in [3.63, 3.8) is 0 Å². The second-order valence-electron chi connectivity index (χ2n) is 7.97. The standard InChI is InChI=1S/C18H27N5O2/c1-11-7-14(25-22-11)9-17(24)20-16-10-15(12-5-6-13(19)8-12)21-23(16)18(2,3)4/h7,10,12-13H,5-6,8-9,19H2,1-4H3,(H,20,24). The Balaban J connectivity index is 1.79. The Morgan fingerprint density at radius 2 is 2.16 bits per heavy atom. The van der Waals surface area contributed by atoms with Crippen LogP contribution in [0.15, 0.2) is 16.7 Å². The fraction of sp³-hybridized carbons (Fsp3) is 0.611. The minimum Gasteiger partial charge on any atom is -0.361 e. The lowest BCUT2D eigenvalue weighted by Gasteiger charge is -2.22. The molecule has 7 heteroatoms. The molecule has 25 heavy (non-hydrogen) atoms. The van der Waals surface area contributed by atoms with Gasteiger partial charge in [0.2, 0.25) is 5.91 Å². The molecule has 136 valence electrons. The zero-order valence-corrected chi connectivity index (χ0v) is 15.4. The van der Waals surface area contributed by atoms with E-state index >= 15 is 0 Å². The summed E-state index contributed by atoms with van der Waals surface area (Å²) in [7, 11) is 0. The fourth-order valence-corrected chi connectivity index (χ4v) is 3.33. The summed E-state index contributed by atoms with van der Waals surface area (Å²) in [5.74, 6) is 1.49. The van der Waals surface area contributed by atoms with Gasteiger partial charge in [-0.3, -0.25) is 4.79 Å². The summed E-state index contributed by atoms with van der Waals surface area (Å²) in [6.07, 6.45) is 3.18. The van der Waals surface area contributed by atoms with Crippen LogP contribution in [0.5, 0.6) is 0 Å². The Bertz CT molecular complexity index is 756. The zero-order valence-electron chi connectivity index (χ0n) is 15.4. The molecule has 3 N–H and O–H groups in total. The first kappa shape index (κ1) is 17.7. The number of anilines is 1. The molecule has 2 unspecified atom stereocenters. The van der Waals surface area contributed by atoms with Crippen molar-refractivity contribution in [2.24, 2.45) is 5.73 Å². The van der Waals surface area contributed by atoms with Crippen LogP contribution in [0.1, 0.15) is 63.1 Å². The van der Waals surface area contributed by atoms with Crippen LogP contribution >= 0.6 is 0 Å². The average Bonchev–Trinajstić information content (AvgIpc) is 3.19. The number of nitrogens with one attached hydrogen (secondary N) is 1. The topological polar surface area (TPSA) is 99.0 Å². The number of rotatable bonds is 4. The van der Waals surface area contributed by atoms with Crippen LogP contribution in [0.3, 0.4) is 0 Å². The first-order valence-corrected chi connectivity index (χ1v) is 8.80. The highest BCUT2D eigenvalue weighted by atomic mass is 16.5. The van der Waals surface area contributed by atoms with Crippen LogP contribution in [0.2, 0.25) is 0 Å². The van der Waals surface area contributed by atoms with E-state index in [1.54, 1.807) is 6.07 Å². The lowest BCUT2D eigenvalue weighted by atomic mass is 10.0. The molecule has 0 radical (unpaired) electrons. The minimum atomic E-state index is -0.232. The van der Waals surface area contributed by atoms with Gasteiger partial charge < -0.3 is 15.6 Å². The molecular formula is C18H27N5O2. The van der Waals surface area contributed by atoms with Gasteiger partial charge in [0.25, 0.3) is 0 Å². The minimum absolute atomic E-state index is 0.142. The second-order valence-corrected chi connectivity index (χ2v) is 7.97. The van der Waals surface area contributed by atoms with Crippen LogP contribution in [0.25, 0.3) is 0 Å². The number of aromatic nitrogens is 3. The Kier molecular flexibility index (Phi) is 4.69. The molecule has 0 spiro atoms.